The van der Waals surface area contributed by atoms with Crippen molar-refractivity contribution < 1.29 is 8.42 Å². The zero-order chi connectivity index (χ0) is 19.0. The second-order valence-corrected chi connectivity index (χ2v) is 8.57. The van der Waals surface area contributed by atoms with Gasteiger partial charge in [-0.3, -0.25) is 4.68 Å². The average Bonchev–Trinajstić information content (AvgIpc) is 3.13. The standard InChI is InChI=1S/C20H18N4O2S/c1-23-12-17(11-22-23)20-14-24(13-16-4-2-3-5-19(16)20)27(25,26)18-8-6-15(10-21)7-9-18/h2-9,11-12,20H,13-14H2,1H3. The van der Waals surface area contributed by atoms with E-state index < -0.39 is 10.0 Å². The number of nitriles is 1. The van der Waals surface area contributed by atoms with E-state index in [1.807, 2.05) is 37.5 Å². The van der Waals surface area contributed by atoms with Gasteiger partial charge in [0.1, 0.15) is 0 Å². The molecule has 0 amide bonds. The quantitative estimate of drug-likeness (QED) is 0.702. The summed E-state index contributed by atoms with van der Waals surface area (Å²) in [6, 6.07) is 16.0. The molecule has 1 unspecified atom stereocenters. The van der Waals surface area contributed by atoms with Gasteiger partial charge >= 0.3 is 0 Å². The Labute approximate surface area is 158 Å². The molecule has 0 saturated carbocycles. The number of sulfonamides is 1. The molecule has 2 heterocycles. The normalized spacial score (nSPS) is 17.3. The van der Waals surface area contributed by atoms with Crippen LogP contribution < -0.4 is 0 Å². The van der Waals surface area contributed by atoms with E-state index in [2.05, 4.69) is 11.2 Å². The first-order valence-electron chi connectivity index (χ1n) is 8.55. The molecule has 2 aromatic carbocycles. The average molecular weight is 378 g/mol. The zero-order valence-corrected chi connectivity index (χ0v) is 15.6. The van der Waals surface area contributed by atoms with Crippen LogP contribution in [-0.2, 0) is 23.6 Å². The van der Waals surface area contributed by atoms with E-state index in [1.54, 1.807) is 10.9 Å². The maximum atomic E-state index is 13.2. The minimum atomic E-state index is -3.67. The summed E-state index contributed by atoms with van der Waals surface area (Å²) in [5.74, 6) is -0.0724. The largest absolute Gasteiger partial charge is 0.276 e. The maximum Gasteiger partial charge on any atom is 0.243 e. The van der Waals surface area contributed by atoms with Gasteiger partial charge in [-0.25, -0.2) is 8.42 Å². The number of aryl methyl sites for hydroxylation is 1. The smallest absolute Gasteiger partial charge is 0.243 e. The molecule has 6 nitrogen and oxygen atoms in total. The van der Waals surface area contributed by atoms with E-state index in [0.29, 0.717) is 18.7 Å². The van der Waals surface area contributed by atoms with E-state index in [9.17, 15) is 8.42 Å². The van der Waals surface area contributed by atoms with Crippen LogP contribution in [0.1, 0.15) is 28.2 Å². The van der Waals surface area contributed by atoms with Crippen LogP contribution in [0.4, 0.5) is 0 Å². The van der Waals surface area contributed by atoms with Gasteiger partial charge in [-0.15, -0.1) is 0 Å². The lowest BCUT2D eigenvalue weighted by molar-refractivity contribution is 0.371. The van der Waals surface area contributed by atoms with Crippen molar-refractivity contribution in [2.75, 3.05) is 6.54 Å². The van der Waals surface area contributed by atoms with Crippen molar-refractivity contribution in [3.63, 3.8) is 0 Å². The second kappa shape index (κ2) is 6.65. The van der Waals surface area contributed by atoms with Gasteiger partial charge in [0.2, 0.25) is 10.0 Å². The molecule has 1 atom stereocenters. The number of hydrogen-bond acceptors (Lipinski definition) is 4. The summed E-state index contributed by atoms with van der Waals surface area (Å²) >= 11 is 0. The Kier molecular flexibility index (Phi) is 4.30. The third kappa shape index (κ3) is 3.14. The molecule has 3 aromatic rings. The van der Waals surface area contributed by atoms with E-state index >= 15 is 0 Å². The summed E-state index contributed by atoms with van der Waals surface area (Å²) in [7, 11) is -1.82. The molecule has 0 spiro atoms. The number of nitrogens with zero attached hydrogens (tertiary/aromatic N) is 4. The van der Waals surface area contributed by atoms with Crippen LogP contribution in [0.2, 0.25) is 0 Å². The zero-order valence-electron chi connectivity index (χ0n) is 14.8. The molecule has 27 heavy (non-hydrogen) atoms. The first-order valence-corrected chi connectivity index (χ1v) is 9.99. The van der Waals surface area contributed by atoms with Gasteiger partial charge in [-0.2, -0.15) is 14.7 Å². The molecule has 1 aliphatic rings. The minimum Gasteiger partial charge on any atom is -0.276 e. The molecule has 1 aliphatic heterocycles. The molecule has 0 saturated heterocycles. The number of hydrogen-bond donors (Lipinski definition) is 0. The van der Waals surface area contributed by atoms with Crippen LogP contribution in [0.3, 0.4) is 0 Å². The first kappa shape index (κ1) is 17.5. The van der Waals surface area contributed by atoms with Gasteiger partial charge in [0, 0.05) is 32.3 Å². The van der Waals surface area contributed by atoms with Crippen LogP contribution >= 0.6 is 0 Å². The lowest BCUT2D eigenvalue weighted by Crippen LogP contribution is -2.38. The third-order valence-electron chi connectivity index (χ3n) is 4.91. The SMILES string of the molecule is Cn1cc(C2CN(S(=O)(=O)c3ccc(C#N)cc3)Cc3ccccc32)cn1. The highest BCUT2D eigenvalue weighted by Crippen LogP contribution is 2.35. The fourth-order valence-electron chi connectivity index (χ4n) is 3.51. The summed E-state index contributed by atoms with van der Waals surface area (Å²) in [5, 5.41) is 13.2. The molecule has 0 bridgehead atoms. The molecular weight excluding hydrogens is 360 g/mol. The predicted molar refractivity (Wildman–Crippen MR) is 100 cm³/mol. The summed E-state index contributed by atoms with van der Waals surface area (Å²) in [5.41, 5.74) is 3.56. The highest BCUT2D eigenvalue weighted by atomic mass is 32.2. The van der Waals surface area contributed by atoms with Crippen molar-refractivity contribution in [2.24, 2.45) is 7.05 Å². The van der Waals surface area contributed by atoms with Crippen LogP contribution in [0.5, 0.6) is 0 Å². The monoisotopic (exact) mass is 378 g/mol. The third-order valence-corrected chi connectivity index (χ3v) is 6.74. The van der Waals surface area contributed by atoms with E-state index in [-0.39, 0.29) is 10.8 Å². The Balaban J connectivity index is 1.75. The van der Waals surface area contributed by atoms with Crippen molar-refractivity contribution in [3.8, 4) is 6.07 Å². The van der Waals surface area contributed by atoms with Crippen molar-refractivity contribution in [2.45, 2.75) is 17.4 Å². The Bertz CT molecular complexity index is 1130. The molecular formula is C20H18N4O2S. The molecule has 0 radical (unpaired) electrons. The van der Waals surface area contributed by atoms with Crippen LogP contribution in [-0.4, -0.2) is 29.0 Å². The lowest BCUT2D eigenvalue weighted by Gasteiger charge is -2.33. The van der Waals surface area contributed by atoms with E-state index in [0.717, 1.165) is 16.7 Å². The molecule has 1 aromatic heterocycles. The Morgan fingerprint density at radius 1 is 1.15 bits per heavy atom. The number of rotatable bonds is 3. The molecule has 136 valence electrons. The van der Waals surface area contributed by atoms with Crippen molar-refractivity contribution in [1.29, 1.82) is 5.26 Å². The first-order chi connectivity index (χ1) is 13.0. The van der Waals surface area contributed by atoms with Gasteiger partial charge in [0.25, 0.3) is 0 Å². The Hall–Kier alpha value is -2.95. The number of aromatic nitrogens is 2. The molecule has 0 fully saturated rings. The maximum absolute atomic E-state index is 13.2. The van der Waals surface area contributed by atoms with Crippen molar-refractivity contribution in [1.82, 2.24) is 14.1 Å². The van der Waals surface area contributed by atoms with Crippen molar-refractivity contribution in [3.05, 3.63) is 83.2 Å². The fraction of sp³-hybridized carbons (Fsp3) is 0.200. The number of benzene rings is 2. The van der Waals surface area contributed by atoms with Crippen molar-refractivity contribution >= 4 is 10.0 Å². The van der Waals surface area contributed by atoms with Gasteiger partial charge in [-0.05, 0) is 41.0 Å². The molecule has 4 rings (SSSR count). The van der Waals surface area contributed by atoms with Crippen LogP contribution in [0.15, 0.2) is 65.8 Å². The van der Waals surface area contributed by atoms with Crippen LogP contribution in [0.25, 0.3) is 0 Å². The van der Waals surface area contributed by atoms with E-state index in [1.165, 1.54) is 28.6 Å². The Morgan fingerprint density at radius 3 is 2.56 bits per heavy atom. The predicted octanol–water partition coefficient (Wildman–Crippen LogP) is 2.63. The molecule has 0 aliphatic carbocycles. The summed E-state index contributed by atoms with van der Waals surface area (Å²) in [6.45, 7) is 0.681. The fourth-order valence-corrected chi connectivity index (χ4v) is 4.95. The van der Waals surface area contributed by atoms with Gasteiger partial charge < -0.3 is 0 Å². The highest BCUT2D eigenvalue weighted by Gasteiger charge is 2.34. The van der Waals surface area contributed by atoms with Gasteiger partial charge in [0.05, 0.1) is 22.7 Å². The van der Waals surface area contributed by atoms with E-state index in [4.69, 9.17) is 5.26 Å². The molecule has 7 heteroatoms. The minimum absolute atomic E-state index is 0.0724. The number of fused-ring (bicyclic) bond motifs is 1. The summed E-state index contributed by atoms with van der Waals surface area (Å²) < 4.78 is 29.6. The highest BCUT2D eigenvalue weighted by molar-refractivity contribution is 7.89. The molecule has 0 N–H and O–H groups in total. The van der Waals surface area contributed by atoms with Gasteiger partial charge in [-0.1, -0.05) is 24.3 Å². The van der Waals surface area contributed by atoms with Gasteiger partial charge in [0.15, 0.2) is 0 Å². The van der Waals surface area contributed by atoms with Crippen LogP contribution in [0, 0.1) is 11.3 Å². The Morgan fingerprint density at radius 2 is 1.89 bits per heavy atom. The second-order valence-electron chi connectivity index (χ2n) is 6.63. The summed E-state index contributed by atoms with van der Waals surface area (Å²) in [6.07, 6.45) is 3.72. The topological polar surface area (TPSA) is 79.0 Å². The lowest BCUT2D eigenvalue weighted by atomic mass is 9.87. The summed E-state index contributed by atoms with van der Waals surface area (Å²) in [4.78, 5) is 0.200.